The second kappa shape index (κ2) is 11.7. The van der Waals surface area contributed by atoms with Gasteiger partial charge in [0.05, 0.1) is 34.2 Å². The van der Waals surface area contributed by atoms with Crippen LogP contribution in [0, 0.1) is 0 Å². The zero-order valence-corrected chi connectivity index (χ0v) is 21.8. The van der Waals surface area contributed by atoms with Crippen LogP contribution in [0.25, 0.3) is 22.3 Å². The number of benzene rings is 2. The Morgan fingerprint density at radius 2 is 1.82 bits per heavy atom. The number of nitrogens with zero attached hydrogens (tertiary/aromatic N) is 4. The summed E-state index contributed by atoms with van der Waals surface area (Å²) in [6.45, 7) is 0.689. The quantitative estimate of drug-likeness (QED) is 0.262. The molecule has 0 spiro atoms. The molecule has 0 radical (unpaired) electrons. The second-order valence-electron chi connectivity index (χ2n) is 9.59. The minimum atomic E-state index is -0.808. The number of amides is 1. The van der Waals surface area contributed by atoms with Crippen LogP contribution in [0.4, 0.5) is 0 Å². The number of aromatic nitrogens is 3. The van der Waals surface area contributed by atoms with E-state index in [1.807, 2.05) is 65.6 Å². The molecule has 2 aromatic heterocycles. The summed E-state index contributed by atoms with van der Waals surface area (Å²) >= 11 is 6.09. The summed E-state index contributed by atoms with van der Waals surface area (Å²) in [6, 6.07) is 18.7. The first-order valence-corrected chi connectivity index (χ1v) is 13.4. The molecule has 0 aliphatic carbocycles. The highest BCUT2D eigenvalue weighted by Gasteiger charge is 2.29. The van der Waals surface area contributed by atoms with Crippen molar-refractivity contribution in [2.75, 3.05) is 6.54 Å². The zero-order chi connectivity index (χ0) is 26.5. The van der Waals surface area contributed by atoms with E-state index in [9.17, 15) is 9.59 Å². The maximum atomic E-state index is 13.7. The number of carboxylic acid groups (broad SMARTS) is 1. The lowest BCUT2D eigenvalue weighted by Crippen LogP contribution is -2.38. The predicted molar refractivity (Wildman–Crippen MR) is 147 cm³/mol. The number of unbranched alkanes of at least 4 members (excludes halogenated alkanes) is 1. The lowest BCUT2D eigenvalue weighted by molar-refractivity contribution is -0.137. The van der Waals surface area contributed by atoms with Crippen LogP contribution in [0.5, 0.6) is 0 Å². The normalized spacial score (nSPS) is 15.5. The highest BCUT2D eigenvalue weighted by molar-refractivity contribution is 6.30. The fourth-order valence-electron chi connectivity index (χ4n) is 5.03. The molecule has 1 aliphatic rings. The highest BCUT2D eigenvalue weighted by Crippen LogP contribution is 2.32. The summed E-state index contributed by atoms with van der Waals surface area (Å²) in [5.41, 5.74) is 5.25. The molecule has 1 aliphatic heterocycles. The summed E-state index contributed by atoms with van der Waals surface area (Å²) in [4.78, 5) is 40.9. The summed E-state index contributed by atoms with van der Waals surface area (Å²) < 4.78 is 0. The van der Waals surface area contributed by atoms with Crippen LogP contribution in [0.15, 0.2) is 66.9 Å². The van der Waals surface area contributed by atoms with E-state index < -0.39 is 5.97 Å². The average Bonchev–Trinajstić information content (AvgIpc) is 2.95. The van der Waals surface area contributed by atoms with Crippen molar-refractivity contribution in [1.82, 2.24) is 19.9 Å². The lowest BCUT2D eigenvalue weighted by atomic mass is 9.97. The highest BCUT2D eigenvalue weighted by atomic mass is 35.5. The van der Waals surface area contributed by atoms with E-state index in [1.54, 1.807) is 6.20 Å². The van der Waals surface area contributed by atoms with Gasteiger partial charge in [0, 0.05) is 35.3 Å². The van der Waals surface area contributed by atoms with Gasteiger partial charge in [0.15, 0.2) is 0 Å². The molecule has 8 heteroatoms. The number of hydrogen-bond acceptors (Lipinski definition) is 5. The molecule has 38 heavy (non-hydrogen) atoms. The number of aliphatic carboxylic acids is 1. The van der Waals surface area contributed by atoms with Gasteiger partial charge < -0.3 is 10.0 Å². The topological polar surface area (TPSA) is 96.3 Å². The van der Waals surface area contributed by atoms with E-state index in [1.165, 1.54) is 0 Å². The van der Waals surface area contributed by atoms with E-state index in [0.717, 1.165) is 41.9 Å². The predicted octanol–water partition coefficient (Wildman–Crippen LogP) is 6.51. The van der Waals surface area contributed by atoms with Crippen LogP contribution < -0.4 is 0 Å². The third-order valence-corrected chi connectivity index (χ3v) is 7.20. The first-order chi connectivity index (χ1) is 18.5. The van der Waals surface area contributed by atoms with Gasteiger partial charge in [-0.3, -0.25) is 14.6 Å². The monoisotopic (exact) mass is 528 g/mol. The van der Waals surface area contributed by atoms with E-state index >= 15 is 0 Å². The van der Waals surface area contributed by atoms with Gasteiger partial charge in [-0.2, -0.15) is 0 Å². The van der Waals surface area contributed by atoms with Crippen molar-refractivity contribution >= 4 is 34.5 Å². The Morgan fingerprint density at radius 1 is 0.974 bits per heavy atom. The van der Waals surface area contributed by atoms with Crippen molar-refractivity contribution in [3.05, 3.63) is 88.8 Å². The molecular formula is C30H29ClN4O3. The summed E-state index contributed by atoms with van der Waals surface area (Å²) in [7, 11) is 0. The van der Waals surface area contributed by atoms with Crippen LogP contribution in [0.1, 0.15) is 66.3 Å². The van der Waals surface area contributed by atoms with E-state index in [4.69, 9.17) is 26.7 Å². The Bertz CT molecular complexity index is 1440. The molecular weight excluding hydrogens is 500 g/mol. The Labute approximate surface area is 226 Å². The number of piperidine rings is 1. The van der Waals surface area contributed by atoms with Gasteiger partial charge in [-0.25, -0.2) is 9.97 Å². The first kappa shape index (κ1) is 25.8. The molecule has 2 aromatic carbocycles. The molecule has 7 nitrogen and oxygen atoms in total. The molecule has 0 bridgehead atoms. The molecule has 1 atom stereocenters. The fraction of sp³-hybridized carbons (Fsp3) is 0.300. The van der Waals surface area contributed by atoms with Crippen LogP contribution in [0.3, 0.4) is 0 Å². The molecule has 5 rings (SSSR count). The van der Waals surface area contributed by atoms with Crippen LogP contribution in [-0.2, 0) is 11.2 Å². The Morgan fingerprint density at radius 3 is 2.58 bits per heavy atom. The van der Waals surface area contributed by atoms with Crippen molar-refractivity contribution in [3.8, 4) is 11.3 Å². The van der Waals surface area contributed by atoms with E-state index in [2.05, 4.69) is 4.98 Å². The Kier molecular flexibility index (Phi) is 7.94. The number of aryl methyl sites for hydroxylation is 1. The third-order valence-electron chi connectivity index (χ3n) is 6.95. The number of carbonyl (C=O) groups excluding carboxylic acids is 1. The standard InChI is InChI=1S/C30H29ClN4O3/c31-22-14-11-20(12-15-22)29-25(8-1-2-10-28(36)37)33-26-19-21(13-16-23(26)34-29)30(38)35-18-6-4-9-27(35)24-7-3-5-17-32-24/h3,5,7,11-17,19,27H,1-2,4,6,8-10,18H2,(H,36,37). The van der Waals surface area contributed by atoms with Gasteiger partial charge in [-0.1, -0.05) is 29.8 Å². The van der Waals surface area contributed by atoms with E-state index in [0.29, 0.717) is 47.4 Å². The number of hydrogen-bond donors (Lipinski definition) is 1. The zero-order valence-electron chi connectivity index (χ0n) is 21.0. The first-order valence-electron chi connectivity index (χ1n) is 13.0. The smallest absolute Gasteiger partial charge is 0.303 e. The van der Waals surface area contributed by atoms with Gasteiger partial charge in [0.2, 0.25) is 0 Å². The van der Waals surface area contributed by atoms with Crippen molar-refractivity contribution in [3.63, 3.8) is 0 Å². The molecule has 1 unspecified atom stereocenters. The Hall–Kier alpha value is -3.84. The molecule has 3 heterocycles. The van der Waals surface area contributed by atoms with Crippen LogP contribution in [0.2, 0.25) is 5.02 Å². The summed E-state index contributed by atoms with van der Waals surface area (Å²) in [5.74, 6) is -0.841. The number of likely N-dealkylation sites (tertiary alicyclic amines) is 1. The Balaban J connectivity index is 1.48. The van der Waals surface area contributed by atoms with Gasteiger partial charge >= 0.3 is 5.97 Å². The van der Waals surface area contributed by atoms with Crippen molar-refractivity contribution in [1.29, 1.82) is 0 Å². The van der Waals surface area contributed by atoms with Gasteiger partial charge in [0.25, 0.3) is 5.91 Å². The molecule has 1 N–H and O–H groups in total. The molecule has 1 fully saturated rings. The molecule has 1 amide bonds. The number of fused-ring (bicyclic) bond motifs is 1. The van der Waals surface area contributed by atoms with Crippen LogP contribution in [-0.4, -0.2) is 43.4 Å². The van der Waals surface area contributed by atoms with E-state index in [-0.39, 0.29) is 18.4 Å². The number of carboxylic acids is 1. The number of pyridine rings is 1. The number of halogens is 1. The minimum absolute atomic E-state index is 0.0335. The fourth-order valence-corrected chi connectivity index (χ4v) is 5.15. The van der Waals surface area contributed by atoms with Gasteiger partial charge in [0.1, 0.15) is 0 Å². The second-order valence-corrected chi connectivity index (χ2v) is 10.0. The number of carbonyl (C=O) groups is 2. The van der Waals surface area contributed by atoms with Crippen LogP contribution >= 0.6 is 11.6 Å². The summed E-state index contributed by atoms with van der Waals surface area (Å²) in [5, 5.41) is 9.65. The maximum absolute atomic E-state index is 13.7. The molecule has 1 saturated heterocycles. The van der Waals surface area contributed by atoms with Crippen molar-refractivity contribution in [2.24, 2.45) is 0 Å². The molecule has 194 valence electrons. The van der Waals surface area contributed by atoms with Gasteiger partial charge in [-0.05, 0) is 81.0 Å². The average molecular weight is 529 g/mol. The van der Waals surface area contributed by atoms with Crippen molar-refractivity contribution in [2.45, 2.75) is 51.0 Å². The minimum Gasteiger partial charge on any atom is -0.481 e. The lowest BCUT2D eigenvalue weighted by Gasteiger charge is -2.35. The third kappa shape index (κ3) is 5.83. The SMILES string of the molecule is O=C(O)CCCCc1nc2cc(C(=O)N3CCCCC3c3ccccn3)ccc2nc1-c1ccc(Cl)cc1. The number of rotatable bonds is 8. The molecule has 4 aromatic rings. The largest absolute Gasteiger partial charge is 0.481 e. The van der Waals surface area contributed by atoms with Crippen molar-refractivity contribution < 1.29 is 14.7 Å². The molecule has 0 saturated carbocycles. The maximum Gasteiger partial charge on any atom is 0.303 e. The summed E-state index contributed by atoms with van der Waals surface area (Å²) in [6.07, 6.45) is 6.61. The van der Waals surface area contributed by atoms with Gasteiger partial charge in [-0.15, -0.1) is 0 Å².